The molecule has 0 spiro atoms. The summed E-state index contributed by atoms with van der Waals surface area (Å²) in [6, 6.07) is 7.55. The number of carbonyl (C=O) groups is 2. The largest absolute Gasteiger partial charge is 0.497 e. The Morgan fingerprint density at radius 2 is 2.00 bits per heavy atom. The summed E-state index contributed by atoms with van der Waals surface area (Å²) in [4.78, 5) is 23.2. The van der Waals surface area contributed by atoms with E-state index in [1.54, 1.807) is 20.1 Å². The molecule has 1 aliphatic rings. The Morgan fingerprint density at radius 3 is 2.43 bits per heavy atom. The number of carbonyl (C=O) groups excluding carboxylic acids is 2. The monoisotopic (exact) mass is 288 g/mol. The first-order chi connectivity index (χ1) is 10.0. The molecule has 1 aromatic carbocycles. The minimum atomic E-state index is -0.739. The quantitative estimate of drug-likeness (QED) is 0.755. The van der Waals surface area contributed by atoms with Gasteiger partial charge in [0.05, 0.1) is 7.11 Å². The number of Topliss-reactive ketones (excluding diaryl/α,β-unsaturated/α-hetero) is 1. The highest BCUT2D eigenvalue weighted by Crippen LogP contribution is 2.41. The number of benzene rings is 1. The van der Waals surface area contributed by atoms with Crippen molar-refractivity contribution in [3.05, 3.63) is 42.0 Å². The lowest BCUT2D eigenvalue weighted by Gasteiger charge is -2.34. The zero-order valence-electron chi connectivity index (χ0n) is 12.6. The third-order valence-electron chi connectivity index (χ3n) is 3.94. The zero-order chi connectivity index (χ0) is 15.5. The Morgan fingerprint density at radius 1 is 1.33 bits per heavy atom. The van der Waals surface area contributed by atoms with Crippen LogP contribution in [-0.4, -0.2) is 24.5 Å². The van der Waals surface area contributed by atoms with Gasteiger partial charge in [0, 0.05) is 18.4 Å². The molecule has 2 rings (SSSR count). The second-order valence-electron chi connectivity index (χ2n) is 5.29. The Kier molecular flexibility index (Phi) is 4.46. The maximum atomic E-state index is 11.7. The lowest BCUT2D eigenvalue weighted by atomic mass is 9.77. The van der Waals surface area contributed by atoms with E-state index in [1.165, 1.54) is 6.08 Å². The van der Waals surface area contributed by atoms with E-state index in [-0.39, 0.29) is 17.7 Å². The Hall–Kier alpha value is -2.10. The molecule has 2 atom stereocenters. The van der Waals surface area contributed by atoms with Crippen LogP contribution in [0.2, 0.25) is 0 Å². The van der Waals surface area contributed by atoms with Crippen LogP contribution in [0, 0.1) is 0 Å². The van der Waals surface area contributed by atoms with Crippen LogP contribution in [0.5, 0.6) is 5.75 Å². The van der Waals surface area contributed by atoms with Gasteiger partial charge in [0.2, 0.25) is 0 Å². The molecule has 0 saturated carbocycles. The number of ketones is 1. The minimum absolute atomic E-state index is 0.0694. The van der Waals surface area contributed by atoms with Crippen molar-refractivity contribution >= 4 is 11.8 Å². The molecule has 0 amide bonds. The second-order valence-corrected chi connectivity index (χ2v) is 5.29. The van der Waals surface area contributed by atoms with Crippen molar-refractivity contribution in [1.82, 2.24) is 0 Å². The van der Waals surface area contributed by atoms with E-state index in [1.807, 2.05) is 31.2 Å². The summed E-state index contributed by atoms with van der Waals surface area (Å²) in [5.41, 5.74) is 0.226. The average molecular weight is 288 g/mol. The van der Waals surface area contributed by atoms with Gasteiger partial charge in [0.15, 0.2) is 0 Å². The molecule has 4 nitrogen and oxygen atoms in total. The maximum Gasteiger partial charge on any atom is 0.331 e. The summed E-state index contributed by atoms with van der Waals surface area (Å²) in [5, 5.41) is 0. The number of cyclic esters (lactones) is 1. The fourth-order valence-corrected chi connectivity index (χ4v) is 2.78. The Labute approximate surface area is 124 Å². The van der Waals surface area contributed by atoms with Gasteiger partial charge in [0.25, 0.3) is 0 Å². The summed E-state index contributed by atoms with van der Waals surface area (Å²) in [5.74, 6) is 0.289. The molecule has 0 radical (unpaired) electrons. The van der Waals surface area contributed by atoms with Gasteiger partial charge >= 0.3 is 5.97 Å². The van der Waals surface area contributed by atoms with Gasteiger partial charge < -0.3 is 14.3 Å². The van der Waals surface area contributed by atoms with E-state index in [4.69, 9.17) is 9.47 Å². The molecule has 4 heteroatoms. The fraction of sp³-hybridized carbons (Fsp3) is 0.412. The smallest absolute Gasteiger partial charge is 0.331 e. The van der Waals surface area contributed by atoms with Gasteiger partial charge in [0.1, 0.15) is 17.1 Å². The van der Waals surface area contributed by atoms with E-state index in [9.17, 15) is 9.59 Å². The Bertz CT molecular complexity index is 559. The number of methoxy groups -OCH3 is 1. The predicted octanol–water partition coefficient (Wildman–Crippen LogP) is 3.02. The van der Waals surface area contributed by atoms with Gasteiger partial charge in [-0.15, -0.1) is 0 Å². The van der Waals surface area contributed by atoms with E-state index in [0.29, 0.717) is 12.8 Å². The van der Waals surface area contributed by atoms with Crippen LogP contribution in [0.1, 0.15) is 38.2 Å². The lowest BCUT2D eigenvalue weighted by Crippen LogP contribution is -2.36. The van der Waals surface area contributed by atoms with Crippen molar-refractivity contribution in [1.29, 1.82) is 0 Å². The third kappa shape index (κ3) is 3.15. The van der Waals surface area contributed by atoms with Crippen molar-refractivity contribution in [2.75, 3.05) is 7.11 Å². The van der Waals surface area contributed by atoms with Crippen LogP contribution in [0.15, 0.2) is 36.4 Å². The molecule has 0 saturated heterocycles. The highest BCUT2D eigenvalue weighted by molar-refractivity contribution is 5.86. The third-order valence-corrected chi connectivity index (χ3v) is 3.94. The number of rotatable bonds is 6. The van der Waals surface area contributed by atoms with E-state index in [2.05, 4.69) is 0 Å². The minimum Gasteiger partial charge on any atom is -0.497 e. The first kappa shape index (κ1) is 15.3. The first-order valence-electron chi connectivity index (χ1n) is 7.06. The SMILES string of the molecule is CC[C@@]1([C@@H](CC(C)=O)c2ccc(OC)cc2)C=CC(=O)O1. The molecule has 0 bridgehead atoms. The molecule has 1 aromatic rings. The van der Waals surface area contributed by atoms with Crippen LogP contribution < -0.4 is 4.74 Å². The number of ether oxygens (including phenoxy) is 2. The van der Waals surface area contributed by atoms with Gasteiger partial charge in [-0.1, -0.05) is 19.1 Å². The van der Waals surface area contributed by atoms with Gasteiger partial charge in [-0.2, -0.15) is 0 Å². The molecule has 112 valence electrons. The van der Waals surface area contributed by atoms with Gasteiger partial charge in [-0.25, -0.2) is 4.79 Å². The molecule has 0 fully saturated rings. The van der Waals surface area contributed by atoms with Crippen LogP contribution in [0.25, 0.3) is 0 Å². The molecule has 0 aromatic heterocycles. The normalized spacial score (nSPS) is 22.0. The number of esters is 1. The first-order valence-corrected chi connectivity index (χ1v) is 7.06. The van der Waals surface area contributed by atoms with Crippen LogP contribution in [0.4, 0.5) is 0 Å². The topological polar surface area (TPSA) is 52.6 Å². The Balaban J connectivity index is 2.39. The highest BCUT2D eigenvalue weighted by atomic mass is 16.6. The molecule has 0 N–H and O–H groups in total. The van der Waals surface area contributed by atoms with Gasteiger partial charge in [-0.3, -0.25) is 0 Å². The molecular weight excluding hydrogens is 268 g/mol. The summed E-state index contributed by atoms with van der Waals surface area (Å²) >= 11 is 0. The van der Waals surface area contributed by atoms with Crippen molar-refractivity contribution in [3.63, 3.8) is 0 Å². The molecule has 0 unspecified atom stereocenters. The van der Waals surface area contributed by atoms with Crippen molar-refractivity contribution < 1.29 is 19.1 Å². The summed E-state index contributed by atoms with van der Waals surface area (Å²) < 4.78 is 10.7. The van der Waals surface area contributed by atoms with E-state index < -0.39 is 5.60 Å². The van der Waals surface area contributed by atoms with Crippen LogP contribution in [0.3, 0.4) is 0 Å². The molecule has 0 aliphatic carbocycles. The molecule has 1 aliphatic heterocycles. The summed E-state index contributed by atoms with van der Waals surface area (Å²) in [6.07, 6.45) is 4.18. The zero-order valence-corrected chi connectivity index (χ0v) is 12.6. The number of hydrogen-bond acceptors (Lipinski definition) is 4. The van der Waals surface area contributed by atoms with E-state index in [0.717, 1.165) is 11.3 Å². The lowest BCUT2D eigenvalue weighted by molar-refractivity contribution is -0.148. The van der Waals surface area contributed by atoms with Crippen LogP contribution in [-0.2, 0) is 14.3 Å². The van der Waals surface area contributed by atoms with E-state index >= 15 is 0 Å². The second kappa shape index (κ2) is 6.12. The fourth-order valence-electron chi connectivity index (χ4n) is 2.78. The predicted molar refractivity (Wildman–Crippen MR) is 79.3 cm³/mol. The van der Waals surface area contributed by atoms with Crippen molar-refractivity contribution in [2.24, 2.45) is 0 Å². The van der Waals surface area contributed by atoms with Gasteiger partial charge in [-0.05, 0) is 37.1 Å². The molecule has 21 heavy (non-hydrogen) atoms. The summed E-state index contributed by atoms with van der Waals surface area (Å²) in [6.45, 7) is 3.51. The summed E-state index contributed by atoms with van der Waals surface area (Å²) in [7, 11) is 1.61. The average Bonchev–Trinajstić information content (AvgIpc) is 2.87. The van der Waals surface area contributed by atoms with Crippen molar-refractivity contribution in [3.8, 4) is 5.75 Å². The standard InChI is InChI=1S/C17H20O4/c1-4-17(10-9-16(19)21-17)15(11-12(2)18)13-5-7-14(20-3)8-6-13/h5-10,15H,4,11H2,1-3H3/t15-,17-/m0/s1. The van der Waals surface area contributed by atoms with Crippen molar-refractivity contribution in [2.45, 2.75) is 38.2 Å². The highest BCUT2D eigenvalue weighted by Gasteiger charge is 2.43. The molecular formula is C17H20O4. The molecule has 1 heterocycles. The number of hydrogen-bond donors (Lipinski definition) is 0. The maximum absolute atomic E-state index is 11.7. The van der Waals surface area contributed by atoms with Crippen LogP contribution >= 0.6 is 0 Å².